The zero-order valence-electron chi connectivity index (χ0n) is 9.31. The molecule has 0 aliphatic heterocycles. The van der Waals surface area contributed by atoms with E-state index in [-0.39, 0.29) is 0 Å². The highest BCUT2D eigenvalue weighted by atomic mass is 35.5. The van der Waals surface area contributed by atoms with Gasteiger partial charge >= 0.3 is 0 Å². The molecule has 1 heterocycles. The van der Waals surface area contributed by atoms with Crippen LogP contribution in [0, 0.1) is 0 Å². The van der Waals surface area contributed by atoms with E-state index in [2.05, 4.69) is 14.1 Å². The smallest absolute Gasteiger partial charge is 0.186 e. The number of rotatable bonds is 5. The number of hydrogen-bond acceptors (Lipinski definition) is 5. The van der Waals surface area contributed by atoms with E-state index in [4.69, 9.17) is 16.3 Å². The quantitative estimate of drug-likeness (QED) is 0.905. The molecule has 2 aromatic rings. The Hall–Kier alpha value is -1.33. The van der Waals surface area contributed by atoms with Crippen molar-refractivity contribution in [3.05, 3.63) is 35.0 Å². The molecule has 17 heavy (non-hydrogen) atoms. The van der Waals surface area contributed by atoms with Crippen molar-refractivity contribution in [1.82, 2.24) is 8.75 Å². The third kappa shape index (κ3) is 3.31. The van der Waals surface area contributed by atoms with Crippen LogP contribution in [0.1, 0.15) is 12.5 Å². The van der Waals surface area contributed by atoms with Crippen molar-refractivity contribution >= 4 is 29.1 Å². The number of hydrogen-bond donors (Lipinski definition) is 1. The summed E-state index contributed by atoms with van der Waals surface area (Å²) >= 11 is 6.93. The van der Waals surface area contributed by atoms with Gasteiger partial charge in [0.15, 0.2) is 11.0 Å². The van der Waals surface area contributed by atoms with Gasteiger partial charge in [0.2, 0.25) is 0 Å². The summed E-state index contributed by atoms with van der Waals surface area (Å²) in [7, 11) is 0. The van der Waals surface area contributed by atoms with Gasteiger partial charge in [-0.05, 0) is 24.6 Å². The summed E-state index contributed by atoms with van der Waals surface area (Å²) in [6.45, 7) is 3.27. The topological polar surface area (TPSA) is 47.0 Å². The standard InChI is InChI=1S/C11H12ClN3OS/c1-2-16-9-5-3-4-8(6-9)7-13-11-10(12)14-17-15-11/h3-6H,2,7H2,1H3,(H,13,15). The van der Waals surface area contributed by atoms with E-state index < -0.39 is 0 Å². The van der Waals surface area contributed by atoms with E-state index >= 15 is 0 Å². The second-order valence-electron chi connectivity index (χ2n) is 3.34. The van der Waals surface area contributed by atoms with Crippen LogP contribution in [0.15, 0.2) is 24.3 Å². The van der Waals surface area contributed by atoms with E-state index in [1.165, 1.54) is 0 Å². The van der Waals surface area contributed by atoms with E-state index in [0.717, 1.165) is 23.0 Å². The average Bonchev–Trinajstić information content (AvgIpc) is 2.73. The molecule has 1 aromatic heterocycles. The van der Waals surface area contributed by atoms with Crippen molar-refractivity contribution < 1.29 is 4.74 Å². The molecule has 4 nitrogen and oxygen atoms in total. The van der Waals surface area contributed by atoms with Gasteiger partial charge in [0.1, 0.15) is 5.75 Å². The average molecular weight is 270 g/mol. The maximum atomic E-state index is 5.84. The lowest BCUT2D eigenvalue weighted by Crippen LogP contribution is -2.00. The van der Waals surface area contributed by atoms with E-state index in [0.29, 0.717) is 24.1 Å². The fourth-order valence-corrected chi connectivity index (χ4v) is 2.06. The minimum Gasteiger partial charge on any atom is -0.494 e. The zero-order chi connectivity index (χ0) is 12.1. The minimum atomic E-state index is 0.413. The number of anilines is 1. The first kappa shape index (κ1) is 12.1. The first-order valence-electron chi connectivity index (χ1n) is 5.23. The van der Waals surface area contributed by atoms with Gasteiger partial charge in [0, 0.05) is 6.54 Å². The van der Waals surface area contributed by atoms with Crippen molar-refractivity contribution in [2.75, 3.05) is 11.9 Å². The molecule has 0 fully saturated rings. The van der Waals surface area contributed by atoms with E-state index in [9.17, 15) is 0 Å². The Morgan fingerprint density at radius 2 is 2.29 bits per heavy atom. The molecular formula is C11H12ClN3OS. The molecule has 0 aliphatic rings. The predicted octanol–water partition coefficient (Wildman–Crippen LogP) is 3.20. The van der Waals surface area contributed by atoms with Gasteiger partial charge in [-0.1, -0.05) is 23.7 Å². The maximum absolute atomic E-state index is 5.84. The predicted molar refractivity (Wildman–Crippen MR) is 69.9 cm³/mol. The summed E-state index contributed by atoms with van der Waals surface area (Å²) in [5, 5.41) is 3.54. The summed E-state index contributed by atoms with van der Waals surface area (Å²) in [5.74, 6) is 1.49. The molecule has 0 aliphatic carbocycles. The van der Waals surface area contributed by atoms with E-state index in [1.54, 1.807) is 0 Å². The summed E-state index contributed by atoms with van der Waals surface area (Å²) in [4.78, 5) is 0. The van der Waals surface area contributed by atoms with Crippen molar-refractivity contribution in [2.45, 2.75) is 13.5 Å². The van der Waals surface area contributed by atoms with Crippen molar-refractivity contribution in [1.29, 1.82) is 0 Å². The monoisotopic (exact) mass is 269 g/mol. The Kier molecular flexibility index (Phi) is 4.17. The lowest BCUT2D eigenvalue weighted by molar-refractivity contribution is 0.340. The molecule has 6 heteroatoms. The highest BCUT2D eigenvalue weighted by Gasteiger charge is 2.04. The Balaban J connectivity index is 1.99. The molecule has 0 unspecified atom stereocenters. The van der Waals surface area contributed by atoms with Gasteiger partial charge in [-0.15, -0.1) is 0 Å². The summed E-state index contributed by atoms with van der Waals surface area (Å²) in [5.41, 5.74) is 1.11. The molecule has 0 saturated carbocycles. The van der Waals surface area contributed by atoms with Crippen LogP contribution >= 0.6 is 23.3 Å². The number of nitrogens with zero attached hydrogens (tertiary/aromatic N) is 2. The van der Waals surface area contributed by atoms with Gasteiger partial charge in [0.05, 0.1) is 18.3 Å². The molecule has 0 bridgehead atoms. The van der Waals surface area contributed by atoms with Crippen LogP contribution in [0.5, 0.6) is 5.75 Å². The first-order chi connectivity index (χ1) is 8.29. The zero-order valence-corrected chi connectivity index (χ0v) is 10.9. The lowest BCUT2D eigenvalue weighted by atomic mass is 10.2. The van der Waals surface area contributed by atoms with Crippen LogP contribution in [-0.4, -0.2) is 15.4 Å². The fourth-order valence-electron chi connectivity index (χ4n) is 1.38. The SMILES string of the molecule is CCOc1cccc(CNc2nsnc2Cl)c1. The van der Waals surface area contributed by atoms with Crippen LogP contribution in [0.3, 0.4) is 0 Å². The Bertz CT molecular complexity index is 489. The number of benzene rings is 1. The molecule has 0 amide bonds. The van der Waals surface area contributed by atoms with Crippen LogP contribution in [-0.2, 0) is 6.54 Å². The normalized spacial score (nSPS) is 10.2. The minimum absolute atomic E-state index is 0.413. The number of halogens is 1. The Morgan fingerprint density at radius 1 is 1.41 bits per heavy atom. The highest BCUT2D eigenvalue weighted by Crippen LogP contribution is 2.19. The Morgan fingerprint density at radius 3 is 3.00 bits per heavy atom. The maximum Gasteiger partial charge on any atom is 0.186 e. The number of aromatic nitrogens is 2. The Labute approximate surface area is 109 Å². The molecule has 0 radical (unpaired) electrons. The van der Waals surface area contributed by atoms with Crippen molar-refractivity contribution in [2.24, 2.45) is 0 Å². The molecule has 0 atom stereocenters. The fraction of sp³-hybridized carbons (Fsp3) is 0.273. The molecule has 90 valence electrons. The van der Waals surface area contributed by atoms with Crippen LogP contribution in [0.2, 0.25) is 5.15 Å². The first-order valence-corrected chi connectivity index (χ1v) is 6.34. The third-order valence-electron chi connectivity index (χ3n) is 2.12. The van der Waals surface area contributed by atoms with Crippen LogP contribution in [0.4, 0.5) is 5.82 Å². The molecule has 1 aromatic carbocycles. The second kappa shape index (κ2) is 5.84. The largest absolute Gasteiger partial charge is 0.494 e. The molecule has 0 spiro atoms. The van der Waals surface area contributed by atoms with Crippen molar-refractivity contribution in [3.63, 3.8) is 0 Å². The van der Waals surface area contributed by atoms with Crippen LogP contribution in [0.25, 0.3) is 0 Å². The molecule has 2 rings (SSSR count). The number of nitrogens with one attached hydrogen (secondary N) is 1. The summed E-state index contributed by atoms with van der Waals surface area (Å²) in [6.07, 6.45) is 0. The van der Waals surface area contributed by atoms with Gasteiger partial charge in [-0.25, -0.2) is 0 Å². The van der Waals surface area contributed by atoms with Crippen LogP contribution < -0.4 is 10.1 Å². The molecule has 1 N–H and O–H groups in total. The van der Waals surface area contributed by atoms with Crippen molar-refractivity contribution in [3.8, 4) is 5.75 Å². The summed E-state index contributed by atoms with van der Waals surface area (Å²) < 4.78 is 13.4. The lowest BCUT2D eigenvalue weighted by Gasteiger charge is -2.06. The molecule has 0 saturated heterocycles. The summed E-state index contributed by atoms with van der Waals surface area (Å²) in [6, 6.07) is 7.90. The third-order valence-corrected chi connectivity index (χ3v) is 3.01. The highest BCUT2D eigenvalue weighted by molar-refractivity contribution is 6.99. The van der Waals surface area contributed by atoms with Gasteiger partial charge in [-0.3, -0.25) is 0 Å². The second-order valence-corrected chi connectivity index (χ2v) is 4.22. The van der Waals surface area contributed by atoms with Gasteiger partial charge in [0.25, 0.3) is 0 Å². The van der Waals surface area contributed by atoms with Gasteiger partial charge in [-0.2, -0.15) is 8.75 Å². The number of ether oxygens (including phenoxy) is 1. The molecular weight excluding hydrogens is 258 g/mol. The van der Waals surface area contributed by atoms with Gasteiger partial charge < -0.3 is 10.1 Å². The van der Waals surface area contributed by atoms with E-state index in [1.807, 2.05) is 31.2 Å².